The molecule has 1 saturated heterocycles. The summed E-state index contributed by atoms with van der Waals surface area (Å²) in [7, 11) is 0. The van der Waals surface area contributed by atoms with E-state index in [1.54, 1.807) is 0 Å². The summed E-state index contributed by atoms with van der Waals surface area (Å²) in [6, 6.07) is 0. The third-order valence-corrected chi connectivity index (χ3v) is 3.40. The van der Waals surface area contributed by atoms with Crippen molar-refractivity contribution in [3.05, 3.63) is 0 Å². The molecule has 78 valence electrons. The molecule has 0 aliphatic carbocycles. The highest BCUT2D eigenvalue weighted by atomic mass is 14.9. The molecule has 1 N–H and O–H groups in total. The Morgan fingerprint density at radius 2 is 2.08 bits per heavy atom. The van der Waals surface area contributed by atoms with Crippen LogP contribution in [0.1, 0.15) is 52.9 Å². The Morgan fingerprint density at radius 3 is 2.69 bits per heavy atom. The highest BCUT2D eigenvalue weighted by Crippen LogP contribution is 2.36. The van der Waals surface area contributed by atoms with Crippen molar-refractivity contribution in [3.8, 4) is 0 Å². The molecule has 13 heavy (non-hydrogen) atoms. The molecule has 1 nitrogen and oxygen atoms in total. The van der Waals surface area contributed by atoms with E-state index < -0.39 is 0 Å². The molecule has 0 spiro atoms. The van der Waals surface area contributed by atoms with Crippen molar-refractivity contribution in [2.45, 2.75) is 52.9 Å². The van der Waals surface area contributed by atoms with Gasteiger partial charge in [-0.2, -0.15) is 0 Å². The molecule has 1 heteroatoms. The van der Waals surface area contributed by atoms with Gasteiger partial charge in [0.1, 0.15) is 0 Å². The Balaban J connectivity index is 2.53. The van der Waals surface area contributed by atoms with Crippen LogP contribution in [0.3, 0.4) is 0 Å². The van der Waals surface area contributed by atoms with Crippen LogP contribution in [0.15, 0.2) is 0 Å². The smallest absolute Gasteiger partial charge is 0.000780 e. The molecule has 1 heterocycles. The van der Waals surface area contributed by atoms with E-state index in [1.165, 1.54) is 45.2 Å². The fraction of sp³-hybridized carbons (Fsp3) is 1.00. The summed E-state index contributed by atoms with van der Waals surface area (Å²) >= 11 is 0. The first kappa shape index (κ1) is 11.0. The zero-order valence-electron chi connectivity index (χ0n) is 9.53. The van der Waals surface area contributed by atoms with Gasteiger partial charge in [-0.3, -0.25) is 0 Å². The minimum Gasteiger partial charge on any atom is -0.316 e. The van der Waals surface area contributed by atoms with Crippen molar-refractivity contribution in [3.63, 3.8) is 0 Å². The van der Waals surface area contributed by atoms with Gasteiger partial charge in [-0.25, -0.2) is 0 Å². The number of hydrogen-bond donors (Lipinski definition) is 1. The van der Waals surface area contributed by atoms with Crippen LogP contribution in [0, 0.1) is 11.3 Å². The zero-order chi connectivity index (χ0) is 9.73. The van der Waals surface area contributed by atoms with E-state index in [1.807, 2.05) is 0 Å². The molecule has 0 aromatic heterocycles. The normalized spacial score (nSPS) is 30.5. The highest BCUT2D eigenvalue weighted by Gasteiger charge is 2.29. The van der Waals surface area contributed by atoms with Crippen molar-refractivity contribution in [1.82, 2.24) is 5.32 Å². The summed E-state index contributed by atoms with van der Waals surface area (Å²) < 4.78 is 0. The first-order valence-electron chi connectivity index (χ1n) is 5.89. The van der Waals surface area contributed by atoms with Crippen LogP contribution in [0.4, 0.5) is 0 Å². The molecule has 0 aromatic rings. The molecule has 1 unspecified atom stereocenters. The van der Waals surface area contributed by atoms with E-state index in [4.69, 9.17) is 0 Å². The summed E-state index contributed by atoms with van der Waals surface area (Å²) in [6.07, 6.45) is 6.98. The molecule has 1 aliphatic rings. The van der Waals surface area contributed by atoms with Gasteiger partial charge in [0.2, 0.25) is 0 Å². The second kappa shape index (κ2) is 4.99. The average molecular weight is 183 g/mol. The monoisotopic (exact) mass is 183 g/mol. The molecular weight excluding hydrogens is 158 g/mol. The van der Waals surface area contributed by atoms with E-state index in [0.717, 1.165) is 5.92 Å². The third kappa shape index (κ3) is 3.30. The van der Waals surface area contributed by atoms with Crippen LogP contribution in [0.2, 0.25) is 0 Å². The lowest BCUT2D eigenvalue weighted by atomic mass is 9.74. The van der Waals surface area contributed by atoms with Gasteiger partial charge in [-0.1, -0.05) is 27.2 Å². The Morgan fingerprint density at radius 1 is 1.31 bits per heavy atom. The first-order valence-corrected chi connectivity index (χ1v) is 5.89. The summed E-state index contributed by atoms with van der Waals surface area (Å²) in [5.41, 5.74) is 0.616. The second-order valence-electron chi connectivity index (χ2n) is 5.09. The Labute approximate surface area is 83.3 Å². The summed E-state index contributed by atoms with van der Waals surface area (Å²) in [5, 5.41) is 3.59. The van der Waals surface area contributed by atoms with Gasteiger partial charge >= 0.3 is 0 Å². The molecule has 1 fully saturated rings. The van der Waals surface area contributed by atoms with Crippen LogP contribution in [0.25, 0.3) is 0 Å². The standard InChI is InChI=1S/C12H25N/c1-4-12(9-11(2)3)7-5-6-8-13-10-12/h11,13H,4-10H2,1-3H3. The van der Waals surface area contributed by atoms with E-state index >= 15 is 0 Å². The Bertz CT molecular complexity index is 132. The van der Waals surface area contributed by atoms with Gasteiger partial charge in [-0.15, -0.1) is 0 Å². The Kier molecular flexibility index (Phi) is 4.24. The van der Waals surface area contributed by atoms with E-state index in [2.05, 4.69) is 26.1 Å². The van der Waals surface area contributed by atoms with Crippen LogP contribution < -0.4 is 5.32 Å². The SMILES string of the molecule is CCC1(CC(C)C)CCCCNC1. The highest BCUT2D eigenvalue weighted by molar-refractivity contribution is 4.83. The quantitative estimate of drug-likeness (QED) is 0.708. The average Bonchev–Trinajstić information content (AvgIpc) is 2.30. The van der Waals surface area contributed by atoms with Gasteiger partial charge in [0, 0.05) is 6.54 Å². The van der Waals surface area contributed by atoms with Crippen LogP contribution >= 0.6 is 0 Å². The summed E-state index contributed by atoms with van der Waals surface area (Å²) in [6.45, 7) is 9.54. The molecule has 0 aromatic carbocycles. The van der Waals surface area contributed by atoms with Crippen LogP contribution in [-0.4, -0.2) is 13.1 Å². The van der Waals surface area contributed by atoms with Crippen molar-refractivity contribution in [1.29, 1.82) is 0 Å². The maximum atomic E-state index is 3.59. The van der Waals surface area contributed by atoms with Crippen molar-refractivity contribution < 1.29 is 0 Å². The van der Waals surface area contributed by atoms with E-state index in [-0.39, 0.29) is 0 Å². The van der Waals surface area contributed by atoms with E-state index in [9.17, 15) is 0 Å². The molecule has 0 amide bonds. The maximum Gasteiger partial charge on any atom is 0.000780 e. The molecule has 1 aliphatic heterocycles. The third-order valence-electron chi connectivity index (χ3n) is 3.40. The fourth-order valence-corrected chi connectivity index (χ4v) is 2.68. The lowest BCUT2D eigenvalue weighted by Crippen LogP contribution is -2.33. The van der Waals surface area contributed by atoms with Gasteiger partial charge in [0.25, 0.3) is 0 Å². The summed E-state index contributed by atoms with van der Waals surface area (Å²) in [4.78, 5) is 0. The molecule has 0 saturated carbocycles. The predicted molar refractivity (Wildman–Crippen MR) is 58.9 cm³/mol. The largest absolute Gasteiger partial charge is 0.316 e. The minimum atomic E-state index is 0.616. The topological polar surface area (TPSA) is 12.0 Å². The molecular formula is C12H25N. The first-order chi connectivity index (χ1) is 6.18. The summed E-state index contributed by atoms with van der Waals surface area (Å²) in [5.74, 6) is 0.847. The van der Waals surface area contributed by atoms with Crippen molar-refractivity contribution >= 4 is 0 Å². The lowest BCUT2D eigenvalue weighted by Gasteiger charge is -2.33. The van der Waals surface area contributed by atoms with Gasteiger partial charge < -0.3 is 5.32 Å². The van der Waals surface area contributed by atoms with Gasteiger partial charge in [0.15, 0.2) is 0 Å². The minimum absolute atomic E-state index is 0.616. The van der Waals surface area contributed by atoms with Crippen LogP contribution in [0.5, 0.6) is 0 Å². The second-order valence-corrected chi connectivity index (χ2v) is 5.09. The van der Waals surface area contributed by atoms with Gasteiger partial charge in [0.05, 0.1) is 0 Å². The number of rotatable bonds is 3. The maximum absolute atomic E-state index is 3.59. The lowest BCUT2D eigenvalue weighted by molar-refractivity contribution is 0.200. The predicted octanol–water partition coefficient (Wildman–Crippen LogP) is 3.20. The zero-order valence-corrected chi connectivity index (χ0v) is 9.53. The Hall–Kier alpha value is -0.0400. The molecule has 1 atom stereocenters. The molecule has 1 rings (SSSR count). The number of hydrogen-bond acceptors (Lipinski definition) is 1. The van der Waals surface area contributed by atoms with Crippen LogP contribution in [-0.2, 0) is 0 Å². The molecule has 0 bridgehead atoms. The van der Waals surface area contributed by atoms with Crippen molar-refractivity contribution in [2.75, 3.05) is 13.1 Å². The number of nitrogens with one attached hydrogen (secondary N) is 1. The molecule has 0 radical (unpaired) electrons. The fourth-order valence-electron chi connectivity index (χ4n) is 2.68. The van der Waals surface area contributed by atoms with Gasteiger partial charge in [-0.05, 0) is 43.6 Å². The van der Waals surface area contributed by atoms with E-state index in [0.29, 0.717) is 5.41 Å². The van der Waals surface area contributed by atoms with Crippen molar-refractivity contribution in [2.24, 2.45) is 11.3 Å².